The number of nitrogens with one attached hydrogen (secondary N) is 1. The second-order valence-corrected chi connectivity index (χ2v) is 19.0. The molecule has 6 atom stereocenters. The van der Waals surface area contributed by atoms with Crippen LogP contribution >= 0.6 is 42.6 Å². The van der Waals surface area contributed by atoms with Gasteiger partial charge in [0.1, 0.15) is 18.3 Å². The van der Waals surface area contributed by atoms with Crippen LogP contribution in [0.4, 0.5) is 0 Å². The highest BCUT2D eigenvalue weighted by Crippen LogP contribution is 2.53. The molecule has 0 bridgehead atoms. The molecule has 1 rings (SSSR count). The molecular weight excluding hydrogens is 856 g/mol. The van der Waals surface area contributed by atoms with Crippen LogP contribution in [0.5, 0.6) is 0 Å². The van der Waals surface area contributed by atoms with Gasteiger partial charge in [0.05, 0.1) is 25.9 Å². The Balaban J connectivity index is 3.20. The Morgan fingerprint density at radius 3 is 1.87 bits per heavy atom. The number of ether oxygens (including phenoxy) is 6. The fourth-order valence-corrected chi connectivity index (χ4v) is 8.13. The van der Waals surface area contributed by atoms with Crippen molar-refractivity contribution in [2.24, 2.45) is 0 Å². The largest absolute Gasteiger partial charge is 0.475 e. The summed E-state index contributed by atoms with van der Waals surface area (Å²) in [5, 5.41) is 8.37. The van der Waals surface area contributed by atoms with Crippen LogP contribution < -0.4 is 0 Å². The average Bonchev–Trinajstić information content (AvgIpc) is 3.21. The van der Waals surface area contributed by atoms with Crippen LogP contribution in [-0.2, 0) is 51.4 Å². The van der Waals surface area contributed by atoms with Crippen LogP contribution in [0.15, 0.2) is 37.5 Å². The van der Waals surface area contributed by atoms with E-state index in [-0.39, 0.29) is 39.0 Å². The summed E-state index contributed by atoms with van der Waals surface area (Å²) in [4.78, 5) is 13.6. The number of phosphoric ester groups is 1. The van der Waals surface area contributed by atoms with Crippen LogP contribution in [0.3, 0.4) is 0 Å². The molecule has 0 saturated carbocycles. The van der Waals surface area contributed by atoms with Crippen LogP contribution in [0.2, 0.25) is 0 Å². The van der Waals surface area contributed by atoms with Gasteiger partial charge in [0.15, 0.2) is 6.10 Å². The summed E-state index contributed by atoms with van der Waals surface area (Å²) < 4.78 is 64.8. The Morgan fingerprint density at radius 2 is 1.32 bits per heavy atom. The van der Waals surface area contributed by atoms with Crippen molar-refractivity contribution in [3.05, 3.63) is 37.5 Å². The summed E-state index contributed by atoms with van der Waals surface area (Å²) in [6, 6.07) is 0. The molecule has 1 aliphatic heterocycles. The highest BCUT2D eigenvalue weighted by molar-refractivity contribution is 7.48. The first-order valence-corrected chi connectivity index (χ1v) is 24.7. The lowest BCUT2D eigenvalue weighted by Gasteiger charge is -2.45. The predicted molar refractivity (Wildman–Crippen MR) is 242 cm³/mol. The minimum atomic E-state index is -4.35. The van der Waals surface area contributed by atoms with E-state index in [1.54, 1.807) is 7.11 Å². The Hall–Kier alpha value is -1.02. The van der Waals surface area contributed by atoms with E-state index in [4.69, 9.17) is 82.2 Å². The maximum Gasteiger partial charge on any atom is 0.475 e. The van der Waals surface area contributed by atoms with E-state index in [1.807, 2.05) is 0 Å². The van der Waals surface area contributed by atoms with Crippen molar-refractivity contribution < 1.29 is 51.4 Å². The molecule has 0 aromatic rings. The zero-order valence-electron chi connectivity index (χ0n) is 36.9. The number of hydrogen-bond donors (Lipinski definition) is 1. The molecule has 16 heteroatoms. The highest BCUT2D eigenvalue weighted by atomic mass is 35.6. The fraction of sp³-hybridized carbons (Fsp3) is 0.818. The Labute approximate surface area is 377 Å². The molecule has 1 aliphatic rings. The fourth-order valence-electron chi connectivity index (χ4n) is 6.67. The first kappa shape index (κ1) is 57.0. The van der Waals surface area contributed by atoms with Gasteiger partial charge in [-0.15, -0.1) is 13.2 Å². The van der Waals surface area contributed by atoms with Gasteiger partial charge in [-0.05, 0) is 44.9 Å². The molecule has 0 amide bonds. The third kappa shape index (κ3) is 25.9. The number of hydrogen-bond acceptors (Lipinski definition) is 12. The third-order valence-electron chi connectivity index (χ3n) is 9.99. The molecular formula is C44H77Cl3NO11P. The number of rotatable bonds is 38. The molecule has 1 N–H and O–H groups in total. The SMILES string of the molecule is C=CCOP(=O)(OCC=C)O[C@H]1[C@H](OCC[C@@H](CCCCCCC)OC)[C@@H](OC(=O)CCCCCCCCC/C=C\CCCCCC)C(OC(=N)C(Cl)(Cl)Cl)O[C@@H]1COC. The van der Waals surface area contributed by atoms with Crippen LogP contribution in [-0.4, -0.2) is 93.1 Å². The van der Waals surface area contributed by atoms with E-state index in [0.717, 1.165) is 64.2 Å². The van der Waals surface area contributed by atoms with E-state index in [1.165, 1.54) is 70.6 Å². The van der Waals surface area contributed by atoms with Gasteiger partial charge >= 0.3 is 13.8 Å². The molecule has 0 aromatic heterocycles. The lowest BCUT2D eigenvalue weighted by molar-refractivity contribution is -0.292. The summed E-state index contributed by atoms with van der Waals surface area (Å²) in [7, 11) is -1.27. The average molecular weight is 933 g/mol. The lowest BCUT2D eigenvalue weighted by Crippen LogP contribution is -2.62. The number of alkyl halides is 3. The van der Waals surface area contributed by atoms with Gasteiger partial charge in [0.25, 0.3) is 3.79 Å². The number of methoxy groups -OCH3 is 2. The summed E-state index contributed by atoms with van der Waals surface area (Å²) >= 11 is 18.1. The van der Waals surface area contributed by atoms with E-state index in [0.29, 0.717) is 12.8 Å². The van der Waals surface area contributed by atoms with Gasteiger partial charge in [-0.3, -0.25) is 23.8 Å². The molecule has 0 aromatic carbocycles. The van der Waals surface area contributed by atoms with Gasteiger partial charge < -0.3 is 28.4 Å². The maximum absolute atomic E-state index is 14.0. The zero-order valence-corrected chi connectivity index (χ0v) is 40.1. The Kier molecular flexibility index (Phi) is 33.6. The summed E-state index contributed by atoms with van der Waals surface area (Å²) in [5.41, 5.74) is 0. The van der Waals surface area contributed by atoms with Gasteiger partial charge in [-0.2, -0.15) is 0 Å². The number of halogens is 3. The maximum atomic E-state index is 14.0. The molecule has 350 valence electrons. The molecule has 60 heavy (non-hydrogen) atoms. The summed E-state index contributed by atoms with van der Waals surface area (Å²) in [6.45, 7) is 11.3. The van der Waals surface area contributed by atoms with Gasteiger partial charge in [0.2, 0.25) is 12.2 Å². The van der Waals surface area contributed by atoms with Crippen molar-refractivity contribution in [1.82, 2.24) is 0 Å². The highest BCUT2D eigenvalue weighted by Gasteiger charge is 2.54. The summed E-state index contributed by atoms with van der Waals surface area (Å²) in [6.07, 6.45) is 22.2. The van der Waals surface area contributed by atoms with E-state index in [9.17, 15) is 9.36 Å². The monoisotopic (exact) mass is 931 g/mol. The Morgan fingerprint density at radius 1 is 0.767 bits per heavy atom. The van der Waals surface area contributed by atoms with Crippen molar-refractivity contribution in [3.8, 4) is 0 Å². The topological polar surface area (TPSA) is 141 Å². The predicted octanol–water partition coefficient (Wildman–Crippen LogP) is 12.7. The number of carbonyl (C=O) groups excluding carboxylic acids is 1. The minimum Gasteiger partial charge on any atom is -0.453 e. The van der Waals surface area contributed by atoms with Gasteiger partial charge in [-0.25, -0.2) is 4.57 Å². The molecule has 0 radical (unpaired) electrons. The van der Waals surface area contributed by atoms with Crippen molar-refractivity contribution in [1.29, 1.82) is 5.41 Å². The first-order valence-electron chi connectivity index (χ1n) is 22.1. The lowest BCUT2D eigenvalue weighted by atomic mass is 9.98. The Bertz CT molecular complexity index is 1210. The molecule has 1 heterocycles. The molecule has 1 saturated heterocycles. The van der Waals surface area contributed by atoms with Crippen LogP contribution in [0.1, 0.15) is 149 Å². The van der Waals surface area contributed by atoms with Gasteiger partial charge in [-0.1, -0.05) is 156 Å². The molecule has 0 aliphatic carbocycles. The van der Waals surface area contributed by atoms with E-state index >= 15 is 0 Å². The number of unbranched alkanes of at least 4 members (excludes halogenated alkanes) is 15. The number of phosphoric acid groups is 1. The zero-order chi connectivity index (χ0) is 44.5. The van der Waals surface area contributed by atoms with Crippen molar-refractivity contribution in [2.75, 3.05) is 40.6 Å². The molecule has 0 spiro atoms. The molecule has 1 unspecified atom stereocenters. The standard InChI is InChI=1S/C44H77Cl3NO11P/c1-7-11-13-15-16-17-18-19-20-21-22-23-24-26-28-30-38(49)57-41-40(53-34-31-36(52-6)29-27-25-14-12-8-2)39(59-60(50,54-32-9-3)55-33-10-4)37(35-51-5)56-42(41)58-43(48)44(45,46)47/h9-10,17-18,36-37,39-42,48H,3-4,7-8,11-16,19-35H2,1-2,5-6H3/b18-17-,48-43?/t36-,37-,39-,40+,41-,42?/m1/s1. The number of allylic oxidation sites excluding steroid dienone is 2. The second-order valence-electron chi connectivity index (χ2n) is 15.1. The quantitative estimate of drug-likeness (QED) is 0.0120. The smallest absolute Gasteiger partial charge is 0.453 e. The van der Waals surface area contributed by atoms with Crippen molar-refractivity contribution in [2.45, 2.75) is 189 Å². The minimum absolute atomic E-state index is 0.0983. The number of esters is 1. The van der Waals surface area contributed by atoms with Crippen LogP contribution in [0, 0.1) is 5.41 Å². The van der Waals surface area contributed by atoms with E-state index in [2.05, 4.69) is 39.2 Å². The third-order valence-corrected chi connectivity index (χ3v) is 11.9. The normalized spacial score (nSPS) is 20.3. The molecule has 12 nitrogen and oxygen atoms in total. The van der Waals surface area contributed by atoms with Crippen molar-refractivity contribution >= 4 is 54.5 Å². The first-order chi connectivity index (χ1) is 28.9. The second kappa shape index (κ2) is 35.3. The van der Waals surface area contributed by atoms with E-state index < -0.39 is 54.2 Å². The number of carbonyl (C=O) groups is 1. The van der Waals surface area contributed by atoms with Crippen molar-refractivity contribution in [3.63, 3.8) is 0 Å². The van der Waals surface area contributed by atoms with Crippen LogP contribution in [0.25, 0.3) is 0 Å². The van der Waals surface area contributed by atoms with Gasteiger partial charge in [0, 0.05) is 27.2 Å². The molecule has 1 fully saturated rings. The summed E-state index contributed by atoms with van der Waals surface area (Å²) in [5.74, 6) is -1.34.